The highest BCUT2D eigenvalue weighted by Gasteiger charge is 2.39. The molecule has 1 heterocycles. The zero-order chi connectivity index (χ0) is 13.8. The van der Waals surface area contributed by atoms with Gasteiger partial charge in [0.1, 0.15) is 6.61 Å². The molecule has 0 bridgehead atoms. The normalized spacial score (nSPS) is 18.2. The van der Waals surface area contributed by atoms with E-state index in [1.165, 1.54) is 0 Å². The summed E-state index contributed by atoms with van der Waals surface area (Å²) in [5.41, 5.74) is -0.343. The lowest BCUT2D eigenvalue weighted by molar-refractivity contribution is -0.164. The molecule has 0 aromatic carbocycles. The second-order valence-electron chi connectivity index (χ2n) is 5.23. The Morgan fingerprint density at radius 2 is 2.00 bits per heavy atom. The maximum absolute atomic E-state index is 11.4. The molecule has 1 fully saturated rings. The summed E-state index contributed by atoms with van der Waals surface area (Å²) in [4.78, 5) is 25.5. The zero-order valence-corrected chi connectivity index (χ0v) is 11.3. The van der Waals surface area contributed by atoms with E-state index < -0.39 is 5.97 Å². The summed E-state index contributed by atoms with van der Waals surface area (Å²) in [7, 11) is 3.51. The topological polar surface area (TPSA) is 70.1 Å². The molecule has 1 N–H and O–H groups in total. The molecule has 0 aromatic rings. The van der Waals surface area contributed by atoms with E-state index >= 15 is 0 Å². The Hall–Kier alpha value is -1.14. The van der Waals surface area contributed by atoms with Crippen molar-refractivity contribution in [3.8, 4) is 0 Å². The van der Waals surface area contributed by atoms with E-state index in [9.17, 15) is 9.59 Å². The van der Waals surface area contributed by atoms with Gasteiger partial charge in [0.05, 0.1) is 5.60 Å². The van der Waals surface area contributed by atoms with Crippen LogP contribution in [0.3, 0.4) is 0 Å². The molecule has 18 heavy (non-hydrogen) atoms. The fourth-order valence-corrected chi connectivity index (χ4v) is 2.06. The number of hydrogen-bond acceptors (Lipinski definition) is 4. The van der Waals surface area contributed by atoms with E-state index in [0.29, 0.717) is 6.42 Å². The van der Waals surface area contributed by atoms with Gasteiger partial charge < -0.3 is 14.7 Å². The average molecular weight is 258 g/mol. The molecule has 6 heteroatoms. The van der Waals surface area contributed by atoms with Crippen LogP contribution in [0, 0.1) is 0 Å². The molecule has 6 nitrogen and oxygen atoms in total. The number of carbonyl (C=O) groups is 2. The monoisotopic (exact) mass is 258 g/mol. The number of rotatable bonds is 7. The van der Waals surface area contributed by atoms with Crippen LogP contribution in [-0.4, -0.2) is 72.7 Å². The Labute approximate surface area is 107 Å². The molecule has 1 rings (SSSR count). The molecular weight excluding hydrogens is 236 g/mol. The molecule has 0 radical (unpaired) electrons. The van der Waals surface area contributed by atoms with Crippen molar-refractivity contribution in [2.45, 2.75) is 25.4 Å². The number of aliphatic carboxylic acids is 1. The van der Waals surface area contributed by atoms with Gasteiger partial charge in [0.2, 0.25) is 5.91 Å². The van der Waals surface area contributed by atoms with Crippen molar-refractivity contribution in [2.75, 3.05) is 40.3 Å². The van der Waals surface area contributed by atoms with Crippen molar-refractivity contribution in [3.63, 3.8) is 0 Å². The highest BCUT2D eigenvalue weighted by atomic mass is 16.5. The first kappa shape index (κ1) is 14.9. The number of nitrogens with zero attached hydrogens (tertiary/aromatic N) is 2. The average Bonchev–Trinajstić information content (AvgIpc) is 2.23. The molecule has 1 saturated heterocycles. The second-order valence-corrected chi connectivity index (χ2v) is 5.23. The largest absolute Gasteiger partial charge is 0.480 e. The van der Waals surface area contributed by atoms with Gasteiger partial charge in [-0.3, -0.25) is 9.69 Å². The van der Waals surface area contributed by atoms with Crippen LogP contribution in [0.4, 0.5) is 0 Å². The van der Waals surface area contributed by atoms with Crippen molar-refractivity contribution >= 4 is 11.9 Å². The van der Waals surface area contributed by atoms with Crippen molar-refractivity contribution in [1.29, 1.82) is 0 Å². The van der Waals surface area contributed by atoms with Gasteiger partial charge >= 0.3 is 5.97 Å². The smallest absolute Gasteiger partial charge is 0.329 e. The number of likely N-dealkylation sites (tertiary alicyclic amines) is 1. The first-order chi connectivity index (χ1) is 8.32. The standard InChI is InChI=1S/C12H22N2O4/c1-12(18-7-11(16)17)8-14(9-12)6-4-5-10(15)13(2)3/h4-9H2,1-3H3,(H,16,17). The second kappa shape index (κ2) is 6.15. The van der Waals surface area contributed by atoms with Gasteiger partial charge in [0.25, 0.3) is 0 Å². The Kier molecular flexibility index (Phi) is 5.10. The Morgan fingerprint density at radius 3 is 2.50 bits per heavy atom. The highest BCUT2D eigenvalue weighted by molar-refractivity contribution is 5.75. The van der Waals surface area contributed by atoms with E-state index in [0.717, 1.165) is 26.1 Å². The minimum Gasteiger partial charge on any atom is -0.480 e. The molecule has 0 saturated carbocycles. The highest BCUT2D eigenvalue weighted by Crippen LogP contribution is 2.24. The lowest BCUT2D eigenvalue weighted by atomic mass is 9.96. The van der Waals surface area contributed by atoms with Crippen LogP contribution in [0.15, 0.2) is 0 Å². The Bertz CT molecular complexity index is 311. The van der Waals surface area contributed by atoms with E-state index in [-0.39, 0.29) is 18.1 Å². The molecular formula is C12H22N2O4. The Morgan fingerprint density at radius 1 is 1.39 bits per heavy atom. The van der Waals surface area contributed by atoms with Gasteiger partial charge in [0, 0.05) is 33.6 Å². The number of ether oxygens (including phenoxy) is 1. The number of carbonyl (C=O) groups excluding carboxylic acids is 1. The van der Waals surface area contributed by atoms with E-state index in [1.807, 2.05) is 6.92 Å². The SMILES string of the molecule is CN(C)C(=O)CCCN1CC(C)(OCC(=O)O)C1. The molecule has 104 valence electrons. The van der Waals surface area contributed by atoms with Crippen LogP contribution in [0.2, 0.25) is 0 Å². The lowest BCUT2D eigenvalue weighted by Gasteiger charge is -2.47. The summed E-state index contributed by atoms with van der Waals surface area (Å²) < 4.78 is 5.31. The van der Waals surface area contributed by atoms with Gasteiger partial charge in [-0.2, -0.15) is 0 Å². The summed E-state index contributed by atoms with van der Waals surface area (Å²) in [6.07, 6.45) is 1.38. The molecule has 1 aliphatic heterocycles. The van der Waals surface area contributed by atoms with Gasteiger partial charge in [-0.1, -0.05) is 0 Å². The van der Waals surface area contributed by atoms with Crippen molar-refractivity contribution in [1.82, 2.24) is 9.80 Å². The Balaban J connectivity index is 2.11. The van der Waals surface area contributed by atoms with Gasteiger partial charge in [-0.15, -0.1) is 0 Å². The van der Waals surface area contributed by atoms with Crippen LogP contribution in [0.5, 0.6) is 0 Å². The third-order valence-corrected chi connectivity index (χ3v) is 3.02. The number of hydrogen-bond donors (Lipinski definition) is 1. The first-order valence-electron chi connectivity index (χ1n) is 6.11. The van der Waals surface area contributed by atoms with Crippen LogP contribution in [-0.2, 0) is 14.3 Å². The zero-order valence-electron chi connectivity index (χ0n) is 11.3. The quantitative estimate of drug-likeness (QED) is 0.697. The maximum atomic E-state index is 11.4. The number of carboxylic acid groups (broad SMARTS) is 1. The predicted octanol–water partition coefficient (Wildman–Crippen LogP) is 0.0303. The molecule has 0 atom stereocenters. The summed E-state index contributed by atoms with van der Waals surface area (Å²) in [5.74, 6) is -0.799. The molecule has 0 spiro atoms. The third kappa shape index (κ3) is 4.62. The fraction of sp³-hybridized carbons (Fsp3) is 0.833. The van der Waals surface area contributed by atoms with Gasteiger partial charge in [-0.05, 0) is 19.9 Å². The first-order valence-corrected chi connectivity index (χ1v) is 6.11. The maximum Gasteiger partial charge on any atom is 0.329 e. The minimum absolute atomic E-state index is 0.139. The van der Waals surface area contributed by atoms with E-state index in [2.05, 4.69) is 4.90 Å². The van der Waals surface area contributed by atoms with Crippen LogP contribution in [0.1, 0.15) is 19.8 Å². The van der Waals surface area contributed by atoms with Crippen LogP contribution >= 0.6 is 0 Å². The predicted molar refractivity (Wildman–Crippen MR) is 66.4 cm³/mol. The summed E-state index contributed by atoms with van der Waals surface area (Å²) in [5, 5.41) is 8.54. The molecule has 0 aliphatic carbocycles. The van der Waals surface area contributed by atoms with Gasteiger partial charge in [0.15, 0.2) is 0 Å². The molecule has 0 aromatic heterocycles. The molecule has 1 amide bonds. The lowest BCUT2D eigenvalue weighted by Crippen LogP contribution is -2.61. The molecule has 0 unspecified atom stereocenters. The van der Waals surface area contributed by atoms with Crippen molar-refractivity contribution in [3.05, 3.63) is 0 Å². The van der Waals surface area contributed by atoms with Crippen molar-refractivity contribution in [2.24, 2.45) is 0 Å². The number of amides is 1. The summed E-state index contributed by atoms with van der Waals surface area (Å²) in [6, 6.07) is 0. The third-order valence-electron chi connectivity index (χ3n) is 3.02. The molecule has 1 aliphatic rings. The van der Waals surface area contributed by atoms with E-state index in [1.54, 1.807) is 19.0 Å². The summed E-state index contributed by atoms with van der Waals surface area (Å²) in [6.45, 7) is 3.99. The minimum atomic E-state index is -0.939. The fourth-order valence-electron chi connectivity index (χ4n) is 2.06. The number of carboxylic acids is 1. The van der Waals surface area contributed by atoms with E-state index in [4.69, 9.17) is 9.84 Å². The van der Waals surface area contributed by atoms with Crippen LogP contribution < -0.4 is 0 Å². The van der Waals surface area contributed by atoms with Crippen molar-refractivity contribution < 1.29 is 19.4 Å². The summed E-state index contributed by atoms with van der Waals surface area (Å²) >= 11 is 0. The van der Waals surface area contributed by atoms with Gasteiger partial charge in [-0.25, -0.2) is 4.79 Å². The van der Waals surface area contributed by atoms with Crippen LogP contribution in [0.25, 0.3) is 0 Å².